The maximum atomic E-state index is 13.1. The number of nitrogen functional groups attached to an aromatic ring is 1. The van der Waals surface area contributed by atoms with Gasteiger partial charge in [0.05, 0.1) is 12.0 Å². The molecule has 0 aliphatic rings. The van der Waals surface area contributed by atoms with Crippen molar-refractivity contribution >= 4 is 70.2 Å². The van der Waals surface area contributed by atoms with E-state index in [0.717, 1.165) is 3.57 Å². The molecular formula is C27H39IN5O6P. The summed E-state index contributed by atoms with van der Waals surface area (Å²) in [4.78, 5) is 61.2. The molecule has 11 nitrogen and oxygen atoms in total. The lowest BCUT2D eigenvalue weighted by Gasteiger charge is -2.25. The lowest BCUT2D eigenvalue weighted by atomic mass is 9.96. The lowest BCUT2D eigenvalue weighted by Crippen LogP contribution is -2.49. The first kappa shape index (κ1) is 33.5. The molecule has 2 rings (SSSR count). The Morgan fingerprint density at radius 3 is 2.23 bits per heavy atom. The van der Waals surface area contributed by atoms with Gasteiger partial charge in [-0.1, -0.05) is 45.9 Å². The molecule has 2 aromatic carbocycles. The van der Waals surface area contributed by atoms with Crippen LogP contribution in [0.4, 0.5) is 10.5 Å². The zero-order valence-corrected chi connectivity index (χ0v) is 26.5. The van der Waals surface area contributed by atoms with Gasteiger partial charge in [0.15, 0.2) is 0 Å². The van der Waals surface area contributed by atoms with Crippen molar-refractivity contribution in [3.05, 3.63) is 39.5 Å². The molecule has 0 fully saturated rings. The number of amides is 5. The van der Waals surface area contributed by atoms with E-state index in [4.69, 9.17) is 5.73 Å². The second kappa shape index (κ2) is 14.8. The van der Waals surface area contributed by atoms with Crippen LogP contribution in [0.15, 0.2) is 30.3 Å². The Balaban J connectivity index is 2.07. The number of benzene rings is 2. The van der Waals surface area contributed by atoms with E-state index < -0.39 is 49.6 Å². The van der Waals surface area contributed by atoms with Crippen LogP contribution >= 0.6 is 30.0 Å². The number of likely N-dealkylation sites (N-methyl/N-ethyl adjacent to an activating group) is 1. The van der Waals surface area contributed by atoms with Crippen LogP contribution in [0.1, 0.15) is 50.9 Å². The Hall–Kier alpha value is -2.70. The van der Waals surface area contributed by atoms with Crippen LogP contribution in [0, 0.1) is 21.3 Å². The highest BCUT2D eigenvalue weighted by molar-refractivity contribution is 14.1. The summed E-state index contributed by atoms with van der Waals surface area (Å²) in [6, 6.07) is 6.76. The van der Waals surface area contributed by atoms with E-state index in [1.807, 2.05) is 27.7 Å². The average Bonchev–Trinajstić information content (AvgIpc) is 2.87. The molecule has 5 amide bonds. The van der Waals surface area contributed by atoms with Crippen LogP contribution < -0.4 is 27.0 Å². The van der Waals surface area contributed by atoms with Crippen molar-refractivity contribution in [2.45, 2.75) is 46.6 Å². The first-order chi connectivity index (χ1) is 18.6. The molecule has 0 saturated carbocycles. The number of imide groups is 1. The number of nitrogens with two attached hydrogens (primary N) is 1. The van der Waals surface area contributed by atoms with Crippen molar-refractivity contribution < 1.29 is 28.6 Å². The summed E-state index contributed by atoms with van der Waals surface area (Å²) in [6.07, 6.45) is -0.310. The molecule has 0 aliphatic heterocycles. The maximum absolute atomic E-state index is 13.1. The standard InChI is InChI=1S/C27H39IN5O6P/c1-15(2)11-17(24(34)32-22(12-16(3)4)26(36)30-5)13-40(38,39)14-31-27(37)33-25(35)20-8-6-7-19-18(20)9-10-21(28)23(19)29/h6-10,15-17,22H,11-14,29H2,1-5H3,(H,30,36)(H,32,34)(H,38,39)(H2,31,33,35,37)/t17?,22-/m0/s1. The topological polar surface area (TPSA) is 180 Å². The maximum Gasteiger partial charge on any atom is 0.322 e. The molecule has 0 heterocycles. The molecule has 2 unspecified atom stereocenters. The van der Waals surface area contributed by atoms with E-state index >= 15 is 0 Å². The third-order valence-electron chi connectivity index (χ3n) is 6.23. The minimum absolute atomic E-state index is 0.0335. The van der Waals surface area contributed by atoms with Crippen molar-refractivity contribution in [1.29, 1.82) is 0 Å². The van der Waals surface area contributed by atoms with Gasteiger partial charge in [0, 0.05) is 33.6 Å². The molecule has 40 heavy (non-hydrogen) atoms. The summed E-state index contributed by atoms with van der Waals surface area (Å²) < 4.78 is 13.8. The highest BCUT2D eigenvalue weighted by atomic mass is 127. The Morgan fingerprint density at radius 2 is 1.62 bits per heavy atom. The molecule has 2 aromatic rings. The van der Waals surface area contributed by atoms with Crippen LogP contribution in [-0.4, -0.2) is 54.2 Å². The largest absolute Gasteiger partial charge is 0.397 e. The van der Waals surface area contributed by atoms with Crippen molar-refractivity contribution in [3.63, 3.8) is 0 Å². The number of fused-ring (bicyclic) bond motifs is 1. The third-order valence-corrected chi connectivity index (χ3v) is 8.83. The van der Waals surface area contributed by atoms with E-state index in [-0.39, 0.29) is 23.3 Å². The molecule has 0 radical (unpaired) electrons. The van der Waals surface area contributed by atoms with Crippen LogP contribution in [0.5, 0.6) is 0 Å². The molecule has 13 heteroatoms. The van der Waals surface area contributed by atoms with Crippen molar-refractivity contribution in [1.82, 2.24) is 21.3 Å². The quantitative estimate of drug-likeness (QED) is 0.112. The molecule has 0 aliphatic carbocycles. The van der Waals surface area contributed by atoms with Crippen LogP contribution in [0.3, 0.4) is 0 Å². The predicted octanol–water partition coefficient (Wildman–Crippen LogP) is 3.63. The third kappa shape index (κ3) is 9.74. The molecule has 3 atom stereocenters. The molecule has 220 valence electrons. The van der Waals surface area contributed by atoms with Crippen molar-refractivity contribution in [2.75, 3.05) is 25.2 Å². The second-order valence-electron chi connectivity index (χ2n) is 10.6. The summed E-state index contributed by atoms with van der Waals surface area (Å²) in [6.45, 7) is 7.61. The molecule has 0 saturated heterocycles. The molecule has 0 bridgehead atoms. The average molecular weight is 688 g/mol. The summed E-state index contributed by atoms with van der Waals surface area (Å²) in [5.41, 5.74) is 6.86. The van der Waals surface area contributed by atoms with Crippen molar-refractivity contribution in [2.24, 2.45) is 17.8 Å². The highest BCUT2D eigenvalue weighted by Crippen LogP contribution is 2.42. The number of carbonyl (C=O) groups is 4. The smallest absolute Gasteiger partial charge is 0.322 e. The lowest BCUT2D eigenvalue weighted by molar-refractivity contribution is -0.131. The Labute approximate surface area is 248 Å². The Morgan fingerprint density at radius 1 is 0.975 bits per heavy atom. The number of hydrogen-bond acceptors (Lipinski definition) is 6. The summed E-state index contributed by atoms with van der Waals surface area (Å²) in [7, 11) is -2.56. The van der Waals surface area contributed by atoms with E-state index in [0.29, 0.717) is 29.3 Å². The zero-order chi connectivity index (χ0) is 30.2. The van der Waals surface area contributed by atoms with Crippen LogP contribution in [0.25, 0.3) is 10.8 Å². The van der Waals surface area contributed by atoms with Crippen LogP contribution in [-0.2, 0) is 14.2 Å². The number of hydrogen-bond donors (Lipinski definition) is 6. The normalized spacial score (nSPS) is 14.3. The first-order valence-electron chi connectivity index (χ1n) is 13.0. The summed E-state index contributed by atoms with van der Waals surface area (Å²) in [5, 5.41) is 10.9. The van der Waals surface area contributed by atoms with Gasteiger partial charge < -0.3 is 26.6 Å². The number of carbonyl (C=O) groups excluding carboxylic acids is 4. The number of nitrogens with one attached hydrogen (secondary N) is 4. The van der Waals surface area contributed by atoms with E-state index in [1.54, 1.807) is 30.3 Å². The Kier molecular flexibility index (Phi) is 12.4. The number of halogens is 1. The summed E-state index contributed by atoms with van der Waals surface area (Å²) >= 11 is 2.09. The van der Waals surface area contributed by atoms with Crippen LogP contribution in [0.2, 0.25) is 0 Å². The fraction of sp³-hybridized carbons (Fsp3) is 0.481. The first-order valence-corrected chi connectivity index (χ1v) is 16.1. The van der Waals surface area contributed by atoms with Gasteiger partial charge in [-0.05, 0) is 64.8 Å². The van der Waals surface area contributed by atoms with E-state index in [1.165, 1.54) is 7.05 Å². The molecule has 0 spiro atoms. The van der Waals surface area contributed by atoms with Gasteiger partial charge >= 0.3 is 6.03 Å². The SMILES string of the molecule is CNC(=O)[C@H](CC(C)C)NC(=O)C(CC(C)C)CP(=O)(O)CNC(=O)NC(=O)c1cccc2c(N)c(I)ccc12. The second-order valence-corrected chi connectivity index (χ2v) is 14.2. The number of urea groups is 1. The molecule has 0 aromatic heterocycles. The van der Waals surface area contributed by atoms with Gasteiger partial charge in [0.1, 0.15) is 6.04 Å². The minimum atomic E-state index is -4.04. The van der Waals surface area contributed by atoms with E-state index in [2.05, 4.69) is 43.9 Å². The fourth-order valence-electron chi connectivity index (χ4n) is 4.37. The van der Waals surface area contributed by atoms with Gasteiger partial charge in [-0.25, -0.2) is 4.79 Å². The van der Waals surface area contributed by atoms with Crippen molar-refractivity contribution in [3.8, 4) is 0 Å². The van der Waals surface area contributed by atoms with Gasteiger partial charge in [0.25, 0.3) is 5.91 Å². The number of rotatable bonds is 12. The van der Waals surface area contributed by atoms with Gasteiger partial charge in [-0.2, -0.15) is 0 Å². The molecule has 7 N–H and O–H groups in total. The predicted molar refractivity (Wildman–Crippen MR) is 165 cm³/mol. The molecular weight excluding hydrogens is 648 g/mol. The Bertz CT molecular complexity index is 1300. The highest BCUT2D eigenvalue weighted by Gasteiger charge is 2.32. The van der Waals surface area contributed by atoms with E-state index in [9.17, 15) is 28.6 Å². The monoisotopic (exact) mass is 687 g/mol. The van der Waals surface area contributed by atoms with Gasteiger partial charge in [-0.15, -0.1) is 0 Å². The summed E-state index contributed by atoms with van der Waals surface area (Å²) in [5.74, 6) is -2.22. The number of anilines is 1. The van der Waals surface area contributed by atoms with Gasteiger partial charge in [0.2, 0.25) is 19.2 Å². The fourth-order valence-corrected chi connectivity index (χ4v) is 6.37. The minimum Gasteiger partial charge on any atom is -0.397 e. The zero-order valence-electron chi connectivity index (χ0n) is 23.4. The van der Waals surface area contributed by atoms with Gasteiger partial charge in [-0.3, -0.25) is 24.3 Å².